The Hall–Kier alpha value is -2.22. The molecule has 0 N–H and O–H groups in total. The van der Waals surface area contributed by atoms with Crippen molar-refractivity contribution in [2.45, 2.75) is 104 Å². The van der Waals surface area contributed by atoms with Gasteiger partial charge in [-0.2, -0.15) is 0 Å². The van der Waals surface area contributed by atoms with Gasteiger partial charge in [-0.05, 0) is 117 Å². The summed E-state index contributed by atoms with van der Waals surface area (Å²) in [6.07, 6.45) is 15.9. The van der Waals surface area contributed by atoms with E-state index in [4.69, 9.17) is 6.58 Å². The lowest BCUT2D eigenvalue weighted by Crippen LogP contribution is -2.46. The molecule has 3 fully saturated rings. The lowest BCUT2D eigenvalue weighted by molar-refractivity contribution is 0.323. The Morgan fingerprint density at radius 1 is 0.895 bits per heavy atom. The standard InChI is InChI=1S/C36H52N2/c1-5-11-30-24-37(25-30)35-14-10-15-36(23-35)38(28(4)32-12-8-7-9-13-32)26-29-16-18-33(19-17-29)34-21-20-31(6-2)27(3)22-34/h10,14-15,20-23,29-30,32-33H,4-9,11-13,16-19,24-26H2,1-3H3. The molecular weight excluding hydrogens is 460 g/mol. The molecule has 2 saturated carbocycles. The molecule has 38 heavy (non-hydrogen) atoms. The van der Waals surface area contributed by atoms with Crippen LogP contribution in [-0.2, 0) is 6.42 Å². The molecule has 0 atom stereocenters. The predicted molar refractivity (Wildman–Crippen MR) is 165 cm³/mol. The van der Waals surface area contributed by atoms with Crippen molar-refractivity contribution in [1.29, 1.82) is 0 Å². The molecular formula is C36H52N2. The van der Waals surface area contributed by atoms with Gasteiger partial charge in [0.25, 0.3) is 0 Å². The number of anilines is 2. The van der Waals surface area contributed by atoms with Crippen LogP contribution in [0, 0.1) is 24.7 Å². The van der Waals surface area contributed by atoms with E-state index >= 15 is 0 Å². The van der Waals surface area contributed by atoms with E-state index in [1.54, 1.807) is 5.56 Å². The third kappa shape index (κ3) is 6.32. The highest BCUT2D eigenvalue weighted by molar-refractivity contribution is 5.63. The molecule has 0 radical (unpaired) electrons. The first kappa shape index (κ1) is 27.4. The number of nitrogens with zero attached hydrogens (tertiary/aromatic N) is 2. The van der Waals surface area contributed by atoms with Gasteiger partial charge in [-0.15, -0.1) is 0 Å². The minimum atomic E-state index is 0.654. The summed E-state index contributed by atoms with van der Waals surface area (Å²) in [5.74, 6) is 3.02. The molecule has 1 heterocycles. The zero-order chi connectivity index (χ0) is 26.5. The fourth-order valence-electron chi connectivity index (χ4n) is 7.58. The molecule has 1 aliphatic heterocycles. The van der Waals surface area contributed by atoms with Crippen LogP contribution >= 0.6 is 0 Å². The van der Waals surface area contributed by atoms with Crippen molar-refractivity contribution >= 4 is 11.4 Å². The summed E-state index contributed by atoms with van der Waals surface area (Å²) in [4.78, 5) is 5.25. The molecule has 2 aromatic carbocycles. The SMILES string of the molecule is C=C(C1CCCCC1)N(CC1CCC(c2ccc(CC)c(C)c2)CC1)c1cccc(N2CC(CCC)C2)c1. The van der Waals surface area contributed by atoms with Gasteiger partial charge < -0.3 is 9.80 Å². The Bertz CT molecular complexity index is 1050. The van der Waals surface area contributed by atoms with Crippen LogP contribution in [0.15, 0.2) is 54.7 Å². The zero-order valence-corrected chi connectivity index (χ0v) is 24.6. The van der Waals surface area contributed by atoms with Gasteiger partial charge in [-0.1, -0.05) is 70.4 Å². The maximum Gasteiger partial charge on any atom is 0.0429 e. The molecule has 5 rings (SSSR count). The van der Waals surface area contributed by atoms with Crippen LogP contribution in [-0.4, -0.2) is 19.6 Å². The second kappa shape index (κ2) is 12.8. The maximum atomic E-state index is 4.77. The summed E-state index contributed by atoms with van der Waals surface area (Å²) < 4.78 is 0. The third-order valence-corrected chi connectivity index (χ3v) is 10.1. The van der Waals surface area contributed by atoms with E-state index in [1.807, 2.05) is 0 Å². The van der Waals surface area contributed by atoms with E-state index in [0.717, 1.165) is 30.7 Å². The Morgan fingerprint density at radius 3 is 2.34 bits per heavy atom. The summed E-state index contributed by atoms with van der Waals surface area (Å²) >= 11 is 0. The van der Waals surface area contributed by atoms with E-state index in [2.05, 4.69) is 73.0 Å². The average Bonchev–Trinajstić information content (AvgIpc) is 2.94. The number of allylic oxidation sites excluding steroid dienone is 1. The van der Waals surface area contributed by atoms with E-state index in [0.29, 0.717) is 5.92 Å². The number of hydrogen-bond acceptors (Lipinski definition) is 2. The Kier molecular flexibility index (Phi) is 9.18. The van der Waals surface area contributed by atoms with Crippen molar-refractivity contribution < 1.29 is 0 Å². The molecule has 2 aromatic rings. The smallest absolute Gasteiger partial charge is 0.0429 e. The molecule has 0 bridgehead atoms. The number of hydrogen-bond donors (Lipinski definition) is 0. The number of benzene rings is 2. The monoisotopic (exact) mass is 512 g/mol. The number of rotatable bonds is 10. The van der Waals surface area contributed by atoms with Crippen LogP contribution < -0.4 is 9.80 Å². The topological polar surface area (TPSA) is 6.48 Å². The molecule has 2 aliphatic carbocycles. The van der Waals surface area contributed by atoms with Crippen LogP contribution in [0.2, 0.25) is 0 Å². The van der Waals surface area contributed by atoms with Gasteiger partial charge in [0.2, 0.25) is 0 Å². The third-order valence-electron chi connectivity index (χ3n) is 10.1. The van der Waals surface area contributed by atoms with Gasteiger partial charge in [-0.25, -0.2) is 0 Å². The largest absolute Gasteiger partial charge is 0.371 e. The molecule has 3 aliphatic rings. The highest BCUT2D eigenvalue weighted by Gasteiger charge is 2.30. The first-order chi connectivity index (χ1) is 18.6. The zero-order valence-electron chi connectivity index (χ0n) is 24.6. The second-order valence-corrected chi connectivity index (χ2v) is 12.8. The highest BCUT2D eigenvalue weighted by atomic mass is 15.2. The van der Waals surface area contributed by atoms with E-state index in [-0.39, 0.29) is 0 Å². The fraction of sp³-hybridized carbons (Fsp3) is 0.611. The van der Waals surface area contributed by atoms with Gasteiger partial charge >= 0.3 is 0 Å². The van der Waals surface area contributed by atoms with E-state index in [1.165, 1.54) is 112 Å². The fourth-order valence-corrected chi connectivity index (χ4v) is 7.58. The summed E-state index contributed by atoms with van der Waals surface area (Å²) in [6.45, 7) is 15.2. The van der Waals surface area contributed by atoms with Crippen LogP contribution in [0.25, 0.3) is 0 Å². The molecule has 2 nitrogen and oxygen atoms in total. The quantitative estimate of drug-likeness (QED) is 0.312. The van der Waals surface area contributed by atoms with Crippen molar-refractivity contribution in [2.75, 3.05) is 29.4 Å². The summed E-state index contributed by atoms with van der Waals surface area (Å²) in [7, 11) is 0. The van der Waals surface area contributed by atoms with Gasteiger partial charge in [0.1, 0.15) is 0 Å². The molecule has 0 aromatic heterocycles. The van der Waals surface area contributed by atoms with Crippen molar-refractivity contribution in [3.8, 4) is 0 Å². The van der Waals surface area contributed by atoms with Crippen molar-refractivity contribution in [1.82, 2.24) is 0 Å². The first-order valence-electron chi connectivity index (χ1n) is 16.0. The highest BCUT2D eigenvalue weighted by Crippen LogP contribution is 2.40. The Labute approximate surface area is 233 Å². The average molecular weight is 513 g/mol. The summed E-state index contributed by atoms with van der Waals surface area (Å²) in [5, 5.41) is 0. The van der Waals surface area contributed by atoms with Crippen LogP contribution in [0.5, 0.6) is 0 Å². The molecule has 0 unspecified atom stereocenters. The van der Waals surface area contributed by atoms with Crippen molar-refractivity contribution in [3.63, 3.8) is 0 Å². The summed E-state index contributed by atoms with van der Waals surface area (Å²) in [6, 6.07) is 16.7. The molecule has 0 amide bonds. The van der Waals surface area contributed by atoms with Gasteiger partial charge in [-0.3, -0.25) is 0 Å². The molecule has 1 saturated heterocycles. The van der Waals surface area contributed by atoms with Crippen LogP contribution in [0.1, 0.15) is 107 Å². The normalized spacial score (nSPS) is 22.8. The summed E-state index contributed by atoms with van der Waals surface area (Å²) in [5.41, 5.74) is 8.73. The van der Waals surface area contributed by atoms with Gasteiger partial charge in [0, 0.05) is 36.7 Å². The van der Waals surface area contributed by atoms with E-state index < -0.39 is 0 Å². The predicted octanol–water partition coefficient (Wildman–Crippen LogP) is 9.67. The van der Waals surface area contributed by atoms with Gasteiger partial charge in [0.05, 0.1) is 0 Å². The lowest BCUT2D eigenvalue weighted by Gasteiger charge is -2.42. The molecule has 2 heteroatoms. The van der Waals surface area contributed by atoms with Crippen LogP contribution in [0.4, 0.5) is 11.4 Å². The van der Waals surface area contributed by atoms with E-state index in [9.17, 15) is 0 Å². The molecule has 0 spiro atoms. The minimum absolute atomic E-state index is 0.654. The van der Waals surface area contributed by atoms with Crippen molar-refractivity contribution in [2.24, 2.45) is 17.8 Å². The minimum Gasteiger partial charge on any atom is -0.371 e. The Balaban J connectivity index is 1.27. The van der Waals surface area contributed by atoms with Gasteiger partial charge in [0.15, 0.2) is 0 Å². The number of aryl methyl sites for hydroxylation is 2. The molecule has 206 valence electrons. The Morgan fingerprint density at radius 2 is 1.66 bits per heavy atom. The maximum absolute atomic E-state index is 4.77. The van der Waals surface area contributed by atoms with Crippen molar-refractivity contribution in [3.05, 3.63) is 71.4 Å². The first-order valence-corrected chi connectivity index (χ1v) is 16.0. The van der Waals surface area contributed by atoms with Crippen LogP contribution in [0.3, 0.4) is 0 Å². The lowest BCUT2D eigenvalue weighted by atomic mass is 9.77. The second-order valence-electron chi connectivity index (χ2n) is 12.8.